The van der Waals surface area contributed by atoms with Crippen molar-refractivity contribution in [3.05, 3.63) is 0 Å². The number of rotatable bonds is 6. The number of hydrogen-bond acceptors (Lipinski definition) is 8. The van der Waals surface area contributed by atoms with Crippen molar-refractivity contribution in [1.82, 2.24) is 0 Å². The normalized spacial score (nSPS) is 11.7. The predicted octanol–water partition coefficient (Wildman–Crippen LogP) is 1.23. The first-order valence-corrected chi connectivity index (χ1v) is 10.3. The Kier molecular flexibility index (Phi) is 14.1. The van der Waals surface area contributed by atoms with Gasteiger partial charge >= 0.3 is 79.3 Å². The second-order valence-electron chi connectivity index (χ2n) is 9.45. The Labute approximate surface area is 184 Å². The molecule has 0 bridgehead atoms. The quantitative estimate of drug-likeness (QED) is 0.434. The van der Waals surface area contributed by atoms with Gasteiger partial charge < -0.3 is 19.8 Å². The molecule has 0 radical (unpaired) electrons. The van der Waals surface area contributed by atoms with E-state index in [9.17, 15) is 29.4 Å². The summed E-state index contributed by atoms with van der Waals surface area (Å²) >= 11 is -0.681. The number of aliphatic carboxylic acids is 2. The SMILES string of the molecule is CC(=O)C(C)(C)C(=O)[O-].CC(=O)C(C)(C)C(=O)[O-].CC(C)(C)[O][Ti+2][O]C(C)(C)C. The molecule has 168 valence electrons. The molecular formula is C20H36O8Ti. The molecule has 0 unspecified atom stereocenters. The van der Waals surface area contributed by atoms with E-state index < -0.39 is 42.7 Å². The zero-order chi connectivity index (χ0) is 24.4. The Bertz CT molecular complexity index is 484. The summed E-state index contributed by atoms with van der Waals surface area (Å²) in [5.41, 5.74) is -2.77. The van der Waals surface area contributed by atoms with Gasteiger partial charge in [0.05, 0.1) is 22.8 Å². The van der Waals surface area contributed by atoms with Crippen LogP contribution >= 0.6 is 0 Å². The molecule has 0 aromatic carbocycles. The molecule has 0 amide bonds. The molecule has 0 aliphatic heterocycles. The molecule has 0 aliphatic carbocycles. The number of carboxylic acids is 2. The van der Waals surface area contributed by atoms with Gasteiger partial charge in [-0.25, -0.2) is 0 Å². The van der Waals surface area contributed by atoms with Gasteiger partial charge in [-0.1, -0.05) is 0 Å². The molecule has 0 saturated heterocycles. The van der Waals surface area contributed by atoms with Crippen molar-refractivity contribution in [2.75, 3.05) is 0 Å². The number of carboxylic acid groups (broad SMARTS) is 2. The summed E-state index contributed by atoms with van der Waals surface area (Å²) in [4.78, 5) is 41.2. The van der Waals surface area contributed by atoms with Crippen LogP contribution in [0.2, 0.25) is 0 Å². The summed E-state index contributed by atoms with van der Waals surface area (Å²) in [5.74, 6) is -3.42. The number of ketones is 2. The van der Waals surface area contributed by atoms with E-state index in [0.29, 0.717) is 0 Å². The Balaban J connectivity index is -0.000000352. The Hall–Kier alpha value is -1.09. The second kappa shape index (κ2) is 12.6. The Morgan fingerprint density at radius 2 is 0.793 bits per heavy atom. The van der Waals surface area contributed by atoms with Crippen LogP contribution in [0.1, 0.15) is 83.1 Å². The summed E-state index contributed by atoms with van der Waals surface area (Å²) in [5, 5.41) is 20.3. The van der Waals surface area contributed by atoms with Gasteiger partial charge in [-0.15, -0.1) is 0 Å². The fourth-order valence-electron chi connectivity index (χ4n) is 0.558. The van der Waals surface area contributed by atoms with E-state index >= 15 is 0 Å². The van der Waals surface area contributed by atoms with E-state index in [0.717, 1.165) is 0 Å². The summed E-state index contributed by atoms with van der Waals surface area (Å²) < 4.78 is 11.0. The molecule has 0 aromatic rings. The van der Waals surface area contributed by atoms with Gasteiger partial charge in [0.2, 0.25) is 0 Å². The topological polar surface area (TPSA) is 133 Å². The van der Waals surface area contributed by atoms with Gasteiger partial charge in [-0.05, 0) is 41.5 Å². The predicted molar refractivity (Wildman–Crippen MR) is 101 cm³/mol. The molecule has 0 rings (SSSR count). The first-order chi connectivity index (χ1) is 12.5. The van der Waals surface area contributed by atoms with E-state index in [4.69, 9.17) is 6.64 Å². The third kappa shape index (κ3) is 17.5. The van der Waals surface area contributed by atoms with Crippen LogP contribution < -0.4 is 10.2 Å². The number of carbonyl (C=O) groups excluding carboxylic acids is 4. The maximum atomic E-state index is 10.5. The first-order valence-electron chi connectivity index (χ1n) is 9.04. The molecule has 0 aromatic heterocycles. The summed E-state index contributed by atoms with van der Waals surface area (Å²) in [7, 11) is 0. The summed E-state index contributed by atoms with van der Waals surface area (Å²) in [6.45, 7) is 20.0. The Morgan fingerprint density at radius 1 is 0.586 bits per heavy atom. The second-order valence-corrected chi connectivity index (χ2v) is 10.3. The van der Waals surface area contributed by atoms with E-state index in [1.165, 1.54) is 41.5 Å². The van der Waals surface area contributed by atoms with Crippen molar-refractivity contribution < 1.29 is 56.0 Å². The summed E-state index contributed by atoms with van der Waals surface area (Å²) in [6.07, 6.45) is 0. The van der Waals surface area contributed by atoms with Crippen LogP contribution in [-0.4, -0.2) is 34.7 Å². The number of Topliss-reactive ketones (excluding diaryl/α,β-unsaturated/α-hetero) is 2. The zero-order valence-electron chi connectivity index (χ0n) is 19.8. The monoisotopic (exact) mass is 452 g/mol. The first kappa shape index (κ1) is 32.6. The van der Waals surface area contributed by atoms with Crippen molar-refractivity contribution in [2.24, 2.45) is 10.8 Å². The standard InChI is InChI=1S/2C6H10O3.2C4H9O.Ti/c2*1-4(7)6(2,3)5(8)9;2*1-4(2,3)5;/h2*1-3H3,(H,8,9);2*1-3H3;/q;;2*-1;+4/p-2. The maximum absolute atomic E-state index is 10.5. The zero-order valence-corrected chi connectivity index (χ0v) is 21.3. The fraction of sp³-hybridized carbons (Fsp3) is 0.800. The minimum absolute atomic E-state index is 0.0503. The van der Waals surface area contributed by atoms with Crippen LogP contribution in [0.15, 0.2) is 0 Å². The molecule has 29 heavy (non-hydrogen) atoms. The van der Waals surface area contributed by atoms with Crippen LogP contribution in [0, 0.1) is 10.8 Å². The van der Waals surface area contributed by atoms with E-state index in [1.54, 1.807) is 0 Å². The molecule has 0 aliphatic rings. The fourth-order valence-corrected chi connectivity index (χ4v) is 1.40. The molecule has 0 atom stereocenters. The van der Waals surface area contributed by atoms with Crippen LogP contribution in [0.3, 0.4) is 0 Å². The molecule has 0 fully saturated rings. The average molecular weight is 452 g/mol. The average Bonchev–Trinajstić information content (AvgIpc) is 2.44. The van der Waals surface area contributed by atoms with Crippen LogP contribution in [0.5, 0.6) is 0 Å². The third-order valence-corrected chi connectivity index (χ3v) is 5.65. The van der Waals surface area contributed by atoms with Gasteiger partial charge in [0.25, 0.3) is 0 Å². The van der Waals surface area contributed by atoms with Crippen LogP contribution in [0.4, 0.5) is 0 Å². The van der Waals surface area contributed by atoms with Crippen molar-refractivity contribution in [2.45, 2.75) is 94.3 Å². The minimum atomic E-state index is -1.33. The van der Waals surface area contributed by atoms with Crippen LogP contribution in [-0.2, 0) is 45.7 Å². The molecule has 9 heteroatoms. The molecule has 0 heterocycles. The van der Waals surface area contributed by atoms with Crippen molar-refractivity contribution >= 4 is 23.5 Å². The molecule has 0 saturated carbocycles. The number of hydrogen-bond donors (Lipinski definition) is 0. The van der Waals surface area contributed by atoms with Gasteiger partial charge in [0.15, 0.2) is 0 Å². The molecular weight excluding hydrogens is 416 g/mol. The number of carbonyl (C=O) groups is 4. The molecule has 8 nitrogen and oxygen atoms in total. The van der Waals surface area contributed by atoms with Gasteiger partial charge in [0, 0.05) is 0 Å². The van der Waals surface area contributed by atoms with Gasteiger partial charge in [0.1, 0.15) is 11.6 Å². The molecule has 0 spiro atoms. The molecule has 0 N–H and O–H groups in total. The van der Waals surface area contributed by atoms with E-state index in [1.807, 2.05) is 41.5 Å². The van der Waals surface area contributed by atoms with Crippen molar-refractivity contribution in [3.63, 3.8) is 0 Å². The van der Waals surface area contributed by atoms with E-state index in [2.05, 4.69) is 0 Å². The van der Waals surface area contributed by atoms with Crippen molar-refractivity contribution in [3.8, 4) is 0 Å². The Morgan fingerprint density at radius 3 is 0.862 bits per heavy atom. The van der Waals surface area contributed by atoms with Gasteiger partial charge in [-0.3, -0.25) is 9.59 Å². The van der Waals surface area contributed by atoms with Crippen LogP contribution in [0.25, 0.3) is 0 Å². The van der Waals surface area contributed by atoms with E-state index in [-0.39, 0.29) is 22.8 Å². The van der Waals surface area contributed by atoms with Gasteiger partial charge in [-0.2, -0.15) is 0 Å². The third-order valence-electron chi connectivity index (χ3n) is 3.48. The van der Waals surface area contributed by atoms with Crippen molar-refractivity contribution in [1.29, 1.82) is 0 Å². The summed E-state index contributed by atoms with van der Waals surface area (Å²) in [6, 6.07) is 0.